The van der Waals surface area contributed by atoms with Crippen molar-refractivity contribution < 1.29 is 26.4 Å². The first-order chi connectivity index (χ1) is 12.1. The van der Waals surface area contributed by atoms with Crippen molar-refractivity contribution in [3.63, 3.8) is 0 Å². The topological polar surface area (TPSA) is 75.3 Å². The molecule has 26 heavy (non-hydrogen) atoms. The Balaban J connectivity index is 1.91. The van der Waals surface area contributed by atoms with Crippen LogP contribution >= 0.6 is 0 Å². The number of nitrogens with one attached hydrogen (secondary N) is 2. The van der Waals surface area contributed by atoms with Crippen molar-refractivity contribution in [2.45, 2.75) is 17.5 Å². The van der Waals surface area contributed by atoms with Crippen molar-refractivity contribution in [1.29, 1.82) is 0 Å². The van der Waals surface area contributed by atoms with E-state index in [1.807, 2.05) is 0 Å². The molecule has 0 fully saturated rings. The van der Waals surface area contributed by atoms with Gasteiger partial charge in [0.1, 0.15) is 0 Å². The summed E-state index contributed by atoms with van der Waals surface area (Å²) in [6.45, 7) is 0.237. The lowest BCUT2D eigenvalue weighted by atomic mass is 10.1. The molecule has 0 atom stereocenters. The van der Waals surface area contributed by atoms with E-state index >= 15 is 0 Å². The highest BCUT2D eigenvalue weighted by Gasteiger charge is 2.29. The molecule has 2 rings (SSSR count). The molecular weight excluding hydrogens is 369 g/mol. The summed E-state index contributed by atoms with van der Waals surface area (Å²) in [5, 5.41) is 2.64. The van der Waals surface area contributed by atoms with Crippen LogP contribution in [0.1, 0.15) is 21.5 Å². The first-order valence-corrected chi connectivity index (χ1v) is 9.10. The number of sulfonamides is 1. The molecule has 0 aliphatic rings. The largest absolute Gasteiger partial charge is 0.416 e. The van der Waals surface area contributed by atoms with E-state index in [1.165, 1.54) is 43.4 Å². The number of rotatable bonds is 6. The molecule has 0 aliphatic heterocycles. The van der Waals surface area contributed by atoms with E-state index in [1.54, 1.807) is 0 Å². The third kappa shape index (κ3) is 5.06. The van der Waals surface area contributed by atoms with Crippen LogP contribution in [0.25, 0.3) is 0 Å². The van der Waals surface area contributed by atoms with E-state index < -0.39 is 27.7 Å². The van der Waals surface area contributed by atoms with Gasteiger partial charge in [-0.3, -0.25) is 4.79 Å². The molecule has 1 amide bonds. The van der Waals surface area contributed by atoms with E-state index in [-0.39, 0.29) is 17.0 Å². The van der Waals surface area contributed by atoms with Gasteiger partial charge in [-0.05, 0) is 55.4 Å². The Kier molecular flexibility index (Phi) is 6.04. The number of hydrogen-bond acceptors (Lipinski definition) is 3. The van der Waals surface area contributed by atoms with Crippen LogP contribution in [0.3, 0.4) is 0 Å². The zero-order chi connectivity index (χ0) is 19.4. The van der Waals surface area contributed by atoms with Crippen LogP contribution in [0.2, 0.25) is 0 Å². The molecule has 0 unspecified atom stereocenters. The highest BCUT2D eigenvalue weighted by Crippen LogP contribution is 2.29. The highest BCUT2D eigenvalue weighted by molar-refractivity contribution is 7.89. The predicted molar refractivity (Wildman–Crippen MR) is 90.2 cm³/mol. The van der Waals surface area contributed by atoms with E-state index in [4.69, 9.17) is 0 Å². The molecule has 9 heteroatoms. The third-order valence-corrected chi connectivity index (χ3v) is 5.11. The molecule has 0 saturated heterocycles. The molecule has 2 N–H and O–H groups in total. The summed E-state index contributed by atoms with van der Waals surface area (Å²) in [7, 11) is -2.28. The molecule has 5 nitrogen and oxygen atoms in total. The third-order valence-electron chi connectivity index (χ3n) is 3.68. The quantitative estimate of drug-likeness (QED) is 0.801. The van der Waals surface area contributed by atoms with Crippen LogP contribution in [0.5, 0.6) is 0 Å². The minimum atomic E-state index is -4.38. The first kappa shape index (κ1) is 19.9. The number of carbonyl (C=O) groups is 1. The summed E-state index contributed by atoms with van der Waals surface area (Å²) < 4.78 is 62.9. The lowest BCUT2D eigenvalue weighted by Crippen LogP contribution is -2.26. The summed E-state index contributed by atoms with van der Waals surface area (Å²) in [6, 6.07) is 10.1. The molecule has 140 valence electrons. The van der Waals surface area contributed by atoms with Gasteiger partial charge in [0.2, 0.25) is 10.0 Å². The standard InChI is InChI=1S/C17H17F3N2O3S/c1-21-26(24,25)15-8-4-13(5-9-15)16(23)22-11-10-12-2-6-14(7-3-12)17(18,19)20/h2-9,21H,10-11H2,1H3,(H,22,23). The summed E-state index contributed by atoms with van der Waals surface area (Å²) in [5.41, 5.74) is 0.225. The number of halogens is 3. The van der Waals surface area contributed by atoms with Gasteiger partial charge in [-0.1, -0.05) is 12.1 Å². The van der Waals surface area contributed by atoms with E-state index in [2.05, 4.69) is 10.0 Å². The minimum Gasteiger partial charge on any atom is -0.352 e. The fraction of sp³-hybridized carbons (Fsp3) is 0.235. The van der Waals surface area contributed by atoms with Gasteiger partial charge in [-0.15, -0.1) is 0 Å². The molecule has 0 bridgehead atoms. The number of hydrogen-bond donors (Lipinski definition) is 2. The summed E-state index contributed by atoms with van der Waals surface area (Å²) in [4.78, 5) is 12.1. The molecule has 2 aromatic rings. The Morgan fingerprint density at radius 3 is 2.08 bits per heavy atom. The Hall–Kier alpha value is -2.39. The maximum Gasteiger partial charge on any atom is 0.416 e. The van der Waals surface area contributed by atoms with Crippen molar-refractivity contribution in [3.05, 3.63) is 65.2 Å². The monoisotopic (exact) mass is 386 g/mol. The predicted octanol–water partition coefficient (Wildman–Crippen LogP) is 2.59. The van der Waals surface area contributed by atoms with Gasteiger partial charge in [-0.25, -0.2) is 13.1 Å². The molecule has 2 aromatic carbocycles. The normalized spacial score (nSPS) is 12.0. The Morgan fingerprint density at radius 1 is 1.00 bits per heavy atom. The van der Waals surface area contributed by atoms with Crippen LogP contribution < -0.4 is 10.0 Å². The maximum atomic E-state index is 12.5. The van der Waals surface area contributed by atoms with E-state index in [0.717, 1.165) is 12.1 Å². The SMILES string of the molecule is CNS(=O)(=O)c1ccc(C(=O)NCCc2ccc(C(F)(F)F)cc2)cc1. The van der Waals surface area contributed by atoms with Gasteiger partial charge in [0.05, 0.1) is 10.5 Å². The van der Waals surface area contributed by atoms with Crippen LogP contribution in [0.15, 0.2) is 53.4 Å². The smallest absolute Gasteiger partial charge is 0.352 e. The summed E-state index contributed by atoms with van der Waals surface area (Å²) >= 11 is 0. The van der Waals surface area contributed by atoms with Crippen molar-refractivity contribution in [2.75, 3.05) is 13.6 Å². The fourth-order valence-corrected chi connectivity index (χ4v) is 2.92. The number of alkyl halides is 3. The molecule has 0 spiro atoms. The van der Waals surface area contributed by atoms with Crippen LogP contribution in [0.4, 0.5) is 13.2 Å². The van der Waals surface area contributed by atoms with Gasteiger partial charge < -0.3 is 5.32 Å². The second kappa shape index (κ2) is 7.88. The second-order valence-corrected chi connectivity index (χ2v) is 7.32. The molecule has 0 radical (unpaired) electrons. The highest BCUT2D eigenvalue weighted by atomic mass is 32.2. The first-order valence-electron chi connectivity index (χ1n) is 7.61. The summed E-state index contributed by atoms with van der Waals surface area (Å²) in [6.07, 6.45) is -4.00. The lowest BCUT2D eigenvalue weighted by molar-refractivity contribution is -0.137. The van der Waals surface area contributed by atoms with Crippen molar-refractivity contribution in [1.82, 2.24) is 10.0 Å². The molecule has 0 aliphatic carbocycles. The van der Waals surface area contributed by atoms with Gasteiger partial charge in [0.15, 0.2) is 0 Å². The average Bonchev–Trinajstić information content (AvgIpc) is 2.61. The second-order valence-electron chi connectivity index (χ2n) is 5.43. The molecule has 0 saturated carbocycles. The van der Waals surface area contributed by atoms with Crippen LogP contribution in [-0.4, -0.2) is 27.9 Å². The van der Waals surface area contributed by atoms with E-state index in [9.17, 15) is 26.4 Å². The molecule has 0 aromatic heterocycles. The Labute approximate surface area is 149 Å². The van der Waals surface area contributed by atoms with Crippen LogP contribution in [-0.2, 0) is 22.6 Å². The zero-order valence-corrected chi connectivity index (χ0v) is 14.6. The average molecular weight is 386 g/mol. The van der Waals surface area contributed by atoms with Gasteiger partial charge in [0.25, 0.3) is 5.91 Å². The fourth-order valence-electron chi connectivity index (χ4n) is 2.19. The number of amides is 1. The van der Waals surface area contributed by atoms with Crippen molar-refractivity contribution in [2.24, 2.45) is 0 Å². The minimum absolute atomic E-state index is 0.0429. The summed E-state index contributed by atoms with van der Waals surface area (Å²) in [5.74, 6) is -0.398. The van der Waals surface area contributed by atoms with Crippen LogP contribution in [0, 0.1) is 0 Å². The lowest BCUT2D eigenvalue weighted by Gasteiger charge is -2.09. The zero-order valence-electron chi connectivity index (χ0n) is 13.8. The van der Waals surface area contributed by atoms with Crippen molar-refractivity contribution >= 4 is 15.9 Å². The number of benzene rings is 2. The number of carbonyl (C=O) groups excluding carboxylic acids is 1. The molecular formula is C17H17F3N2O3S. The van der Waals surface area contributed by atoms with Gasteiger partial charge >= 0.3 is 6.18 Å². The maximum absolute atomic E-state index is 12.5. The van der Waals surface area contributed by atoms with E-state index in [0.29, 0.717) is 12.0 Å². The van der Waals surface area contributed by atoms with Gasteiger partial charge in [0, 0.05) is 12.1 Å². The Bertz CT molecular complexity index is 862. The molecule has 0 heterocycles. The van der Waals surface area contributed by atoms with Crippen molar-refractivity contribution in [3.8, 4) is 0 Å². The Morgan fingerprint density at radius 2 is 1.58 bits per heavy atom. The van der Waals surface area contributed by atoms with Gasteiger partial charge in [-0.2, -0.15) is 13.2 Å².